The first kappa shape index (κ1) is 25.0. The van der Waals surface area contributed by atoms with Crippen LogP contribution in [0.25, 0.3) is 6.08 Å². The minimum Gasteiger partial charge on any atom is -0.483 e. The summed E-state index contributed by atoms with van der Waals surface area (Å²) < 4.78 is 6.84. The zero-order chi connectivity index (χ0) is 24.9. The third-order valence-corrected chi connectivity index (χ3v) is 7.11. The van der Waals surface area contributed by atoms with Gasteiger partial charge in [0.2, 0.25) is 0 Å². The number of nitrogens with zero attached hydrogens (tertiary/aromatic N) is 1. The van der Waals surface area contributed by atoms with Crippen LogP contribution in [-0.2, 0) is 16.1 Å². The predicted molar refractivity (Wildman–Crippen MR) is 147 cm³/mol. The van der Waals surface area contributed by atoms with E-state index in [-0.39, 0.29) is 30.2 Å². The predicted octanol–water partition coefficient (Wildman–Crippen LogP) is 6.16. The molecule has 1 saturated heterocycles. The summed E-state index contributed by atoms with van der Waals surface area (Å²) in [6.07, 6.45) is 1.63. The topological polar surface area (TPSA) is 75.7 Å². The number of para-hydroxylation sites is 1. The Labute approximate surface area is 221 Å². The molecule has 1 aliphatic rings. The van der Waals surface area contributed by atoms with Crippen molar-refractivity contribution in [2.24, 2.45) is 0 Å². The monoisotopic (exact) mass is 598 g/mol. The molecule has 6 nitrogen and oxygen atoms in total. The van der Waals surface area contributed by atoms with Crippen LogP contribution in [0.4, 0.5) is 10.5 Å². The Morgan fingerprint density at radius 2 is 1.77 bits per heavy atom. The number of benzene rings is 3. The molecule has 0 bridgehead atoms. The number of ether oxygens (including phenoxy) is 1. The molecule has 0 radical (unpaired) electrons. The Kier molecular flexibility index (Phi) is 7.92. The molecule has 1 aliphatic heterocycles. The van der Waals surface area contributed by atoms with E-state index in [2.05, 4.69) is 27.9 Å². The summed E-state index contributed by atoms with van der Waals surface area (Å²) in [6, 6.07) is 20.5. The Hall–Kier alpha value is -3.11. The molecule has 3 amide bonds. The molecule has 1 fully saturated rings. The van der Waals surface area contributed by atoms with Crippen molar-refractivity contribution in [1.82, 2.24) is 4.90 Å². The molecule has 3 aromatic carbocycles. The number of rotatable bonds is 7. The van der Waals surface area contributed by atoms with Gasteiger partial charge in [-0.05, 0) is 101 Å². The highest BCUT2D eigenvalue weighted by molar-refractivity contribution is 14.1. The van der Waals surface area contributed by atoms with Crippen molar-refractivity contribution in [3.05, 3.63) is 97.5 Å². The van der Waals surface area contributed by atoms with Crippen molar-refractivity contribution in [1.29, 1.82) is 0 Å². The van der Waals surface area contributed by atoms with Crippen molar-refractivity contribution < 1.29 is 19.1 Å². The minimum atomic E-state index is -0.346. The van der Waals surface area contributed by atoms with E-state index >= 15 is 0 Å². The average molecular weight is 598 g/mol. The van der Waals surface area contributed by atoms with Gasteiger partial charge < -0.3 is 10.1 Å². The lowest BCUT2D eigenvalue weighted by atomic mass is 10.1. The van der Waals surface area contributed by atoms with Crippen LogP contribution in [0, 0.1) is 17.4 Å². The SMILES string of the molecule is Cc1ccc(NC(=O)COc2ccccc2/C=C2\SC(=O)N(Cc3ccc(I)cc3)C2=O)cc1C. The van der Waals surface area contributed by atoms with Gasteiger partial charge in [0.15, 0.2) is 6.61 Å². The van der Waals surface area contributed by atoms with E-state index in [1.165, 1.54) is 4.90 Å². The molecule has 8 heteroatoms. The molecule has 0 unspecified atom stereocenters. The Morgan fingerprint density at radius 3 is 2.51 bits per heavy atom. The fourth-order valence-electron chi connectivity index (χ4n) is 3.44. The third-order valence-electron chi connectivity index (χ3n) is 5.48. The molecular formula is C27H23IN2O4S. The molecule has 35 heavy (non-hydrogen) atoms. The third kappa shape index (κ3) is 6.32. The summed E-state index contributed by atoms with van der Waals surface area (Å²) in [5.41, 5.74) is 4.44. The number of hydrogen-bond acceptors (Lipinski definition) is 5. The van der Waals surface area contributed by atoms with Crippen LogP contribution in [-0.4, -0.2) is 28.6 Å². The molecule has 0 aliphatic carbocycles. The van der Waals surface area contributed by atoms with E-state index in [1.54, 1.807) is 24.3 Å². The largest absolute Gasteiger partial charge is 0.483 e. The van der Waals surface area contributed by atoms with Crippen LogP contribution in [0.2, 0.25) is 0 Å². The Bertz CT molecular complexity index is 1320. The van der Waals surface area contributed by atoms with Gasteiger partial charge in [-0.2, -0.15) is 0 Å². The van der Waals surface area contributed by atoms with Crippen LogP contribution < -0.4 is 10.1 Å². The normalized spacial score (nSPS) is 14.5. The number of hydrogen-bond donors (Lipinski definition) is 1. The first-order chi connectivity index (χ1) is 16.8. The van der Waals surface area contributed by atoms with Crippen LogP contribution in [0.1, 0.15) is 22.3 Å². The lowest BCUT2D eigenvalue weighted by Crippen LogP contribution is -2.27. The Balaban J connectivity index is 1.43. The fourth-order valence-corrected chi connectivity index (χ4v) is 4.63. The van der Waals surface area contributed by atoms with Gasteiger partial charge in [-0.15, -0.1) is 0 Å². The number of nitrogens with one attached hydrogen (secondary N) is 1. The summed E-state index contributed by atoms with van der Waals surface area (Å²) in [5.74, 6) is -0.186. The molecule has 1 N–H and O–H groups in total. The highest BCUT2D eigenvalue weighted by Crippen LogP contribution is 2.35. The molecule has 4 rings (SSSR count). The van der Waals surface area contributed by atoms with E-state index in [9.17, 15) is 14.4 Å². The number of amides is 3. The lowest BCUT2D eigenvalue weighted by Gasteiger charge is -2.12. The minimum absolute atomic E-state index is 0.188. The maximum absolute atomic E-state index is 12.9. The Morgan fingerprint density at radius 1 is 1.03 bits per heavy atom. The zero-order valence-corrected chi connectivity index (χ0v) is 22.2. The lowest BCUT2D eigenvalue weighted by molar-refractivity contribution is -0.123. The number of halogens is 1. The van der Waals surface area contributed by atoms with Gasteiger partial charge in [-0.25, -0.2) is 0 Å². The number of carbonyl (C=O) groups excluding carboxylic acids is 3. The fraction of sp³-hybridized carbons (Fsp3) is 0.148. The van der Waals surface area contributed by atoms with Gasteiger partial charge in [0.05, 0.1) is 11.4 Å². The quantitative estimate of drug-likeness (QED) is 0.261. The van der Waals surface area contributed by atoms with Crippen molar-refractivity contribution in [3.63, 3.8) is 0 Å². The zero-order valence-electron chi connectivity index (χ0n) is 19.2. The van der Waals surface area contributed by atoms with Gasteiger partial charge in [0.1, 0.15) is 5.75 Å². The molecule has 1 heterocycles. The summed E-state index contributed by atoms with van der Waals surface area (Å²) in [6.45, 7) is 4.03. The average Bonchev–Trinajstić information content (AvgIpc) is 3.09. The van der Waals surface area contributed by atoms with Gasteiger partial charge in [0, 0.05) is 14.8 Å². The van der Waals surface area contributed by atoms with Crippen molar-refractivity contribution >= 4 is 63.2 Å². The molecule has 0 spiro atoms. The first-order valence-electron chi connectivity index (χ1n) is 10.9. The summed E-state index contributed by atoms with van der Waals surface area (Å²) in [4.78, 5) is 39.4. The first-order valence-corrected chi connectivity index (χ1v) is 12.8. The van der Waals surface area contributed by atoms with Crippen LogP contribution in [0.5, 0.6) is 5.75 Å². The molecule has 0 saturated carbocycles. The summed E-state index contributed by atoms with van der Waals surface area (Å²) >= 11 is 3.11. The highest BCUT2D eigenvalue weighted by Gasteiger charge is 2.35. The van der Waals surface area contributed by atoms with Crippen LogP contribution >= 0.6 is 34.4 Å². The van der Waals surface area contributed by atoms with Crippen LogP contribution in [0.15, 0.2) is 71.6 Å². The number of carbonyl (C=O) groups is 3. The van der Waals surface area contributed by atoms with Gasteiger partial charge in [-0.1, -0.05) is 36.4 Å². The number of thioether (sulfide) groups is 1. The van der Waals surface area contributed by atoms with Gasteiger partial charge in [-0.3, -0.25) is 19.3 Å². The summed E-state index contributed by atoms with van der Waals surface area (Å²) in [7, 11) is 0. The number of aryl methyl sites for hydroxylation is 2. The van der Waals surface area contributed by atoms with Gasteiger partial charge in [0.25, 0.3) is 17.1 Å². The van der Waals surface area contributed by atoms with Crippen LogP contribution in [0.3, 0.4) is 0 Å². The van der Waals surface area contributed by atoms with E-state index < -0.39 is 0 Å². The second kappa shape index (κ2) is 11.1. The molecular weight excluding hydrogens is 575 g/mol. The maximum Gasteiger partial charge on any atom is 0.293 e. The molecule has 0 aromatic heterocycles. The number of imide groups is 1. The van der Waals surface area contributed by atoms with E-state index in [1.807, 2.05) is 62.4 Å². The number of anilines is 1. The standard InChI is InChI=1S/C27H23IN2O4S/c1-17-7-12-22(13-18(17)2)29-25(31)16-34-23-6-4-3-5-20(23)14-24-26(32)30(27(33)35-24)15-19-8-10-21(28)11-9-19/h3-14H,15-16H2,1-2H3,(H,29,31)/b24-14-. The summed E-state index contributed by atoms with van der Waals surface area (Å²) in [5, 5.41) is 2.51. The molecule has 3 aromatic rings. The van der Waals surface area contributed by atoms with E-state index in [4.69, 9.17) is 4.74 Å². The second-order valence-corrected chi connectivity index (χ2v) is 10.3. The smallest absolute Gasteiger partial charge is 0.293 e. The second-order valence-electron chi connectivity index (χ2n) is 8.07. The highest BCUT2D eigenvalue weighted by atomic mass is 127. The van der Waals surface area contributed by atoms with Crippen molar-refractivity contribution in [3.8, 4) is 5.75 Å². The molecule has 178 valence electrons. The molecule has 0 atom stereocenters. The van der Waals surface area contributed by atoms with E-state index in [0.29, 0.717) is 21.9 Å². The van der Waals surface area contributed by atoms with Gasteiger partial charge >= 0.3 is 0 Å². The van der Waals surface area contributed by atoms with Crippen molar-refractivity contribution in [2.45, 2.75) is 20.4 Å². The maximum atomic E-state index is 12.9. The van der Waals surface area contributed by atoms with Crippen molar-refractivity contribution in [2.75, 3.05) is 11.9 Å². The van der Waals surface area contributed by atoms with E-state index in [0.717, 1.165) is 32.0 Å².